The number of urea groups is 1. The summed E-state index contributed by atoms with van der Waals surface area (Å²) in [6, 6.07) is 10.1. The molecule has 0 fully saturated rings. The number of hydrogen-bond acceptors (Lipinski definition) is 4. The van der Waals surface area contributed by atoms with Crippen LogP contribution >= 0.6 is 0 Å². The van der Waals surface area contributed by atoms with Crippen LogP contribution in [-0.4, -0.2) is 42.5 Å². The quantitative estimate of drug-likeness (QED) is 0.844. The molecule has 1 atom stereocenters. The summed E-state index contributed by atoms with van der Waals surface area (Å²) >= 11 is 0. The van der Waals surface area contributed by atoms with E-state index in [1.165, 1.54) is 4.90 Å². The van der Waals surface area contributed by atoms with Gasteiger partial charge in [0.1, 0.15) is 5.75 Å². The number of nitrogens with one attached hydrogen (secondary N) is 2. The SMILES string of the molecule is C[C@H](NC(=O)Nc1cccc(OCC(=O)N(C)C)c1)c1cccnc1. The largest absolute Gasteiger partial charge is 0.484 e. The third-order valence-corrected chi connectivity index (χ3v) is 3.49. The van der Waals surface area contributed by atoms with Crippen LogP contribution < -0.4 is 15.4 Å². The lowest BCUT2D eigenvalue weighted by Gasteiger charge is -2.15. The summed E-state index contributed by atoms with van der Waals surface area (Å²) in [5.41, 5.74) is 1.49. The van der Waals surface area contributed by atoms with Crippen molar-refractivity contribution in [2.45, 2.75) is 13.0 Å². The maximum absolute atomic E-state index is 12.1. The first-order valence-corrected chi connectivity index (χ1v) is 7.86. The van der Waals surface area contributed by atoms with E-state index in [1.54, 1.807) is 50.8 Å². The van der Waals surface area contributed by atoms with Gasteiger partial charge in [0, 0.05) is 38.2 Å². The first-order chi connectivity index (χ1) is 12.0. The topological polar surface area (TPSA) is 83.6 Å². The molecule has 25 heavy (non-hydrogen) atoms. The van der Waals surface area contributed by atoms with E-state index in [2.05, 4.69) is 15.6 Å². The summed E-state index contributed by atoms with van der Waals surface area (Å²) in [7, 11) is 3.33. The Labute approximate surface area is 147 Å². The summed E-state index contributed by atoms with van der Waals surface area (Å²) in [6.45, 7) is 1.82. The second-order valence-electron chi connectivity index (χ2n) is 5.71. The van der Waals surface area contributed by atoms with E-state index in [-0.39, 0.29) is 24.6 Å². The molecule has 3 amide bonds. The van der Waals surface area contributed by atoms with E-state index in [9.17, 15) is 9.59 Å². The van der Waals surface area contributed by atoms with Crippen molar-refractivity contribution in [3.63, 3.8) is 0 Å². The Morgan fingerprint density at radius 1 is 1.24 bits per heavy atom. The molecule has 1 aromatic heterocycles. The Bertz CT molecular complexity index is 719. The minimum atomic E-state index is -0.335. The molecular weight excluding hydrogens is 320 g/mol. The number of ether oxygens (including phenoxy) is 1. The molecule has 2 N–H and O–H groups in total. The van der Waals surface area contributed by atoms with Gasteiger partial charge in [-0.2, -0.15) is 0 Å². The average Bonchev–Trinajstić information content (AvgIpc) is 2.60. The number of nitrogens with zero attached hydrogens (tertiary/aromatic N) is 2. The minimum Gasteiger partial charge on any atom is -0.484 e. The van der Waals surface area contributed by atoms with E-state index in [4.69, 9.17) is 4.74 Å². The molecule has 132 valence electrons. The van der Waals surface area contributed by atoms with Crippen molar-refractivity contribution in [3.05, 3.63) is 54.4 Å². The number of amides is 3. The zero-order valence-electron chi connectivity index (χ0n) is 14.5. The smallest absolute Gasteiger partial charge is 0.319 e. The number of hydrogen-bond donors (Lipinski definition) is 2. The van der Waals surface area contributed by atoms with Gasteiger partial charge in [0.15, 0.2) is 6.61 Å². The molecule has 7 heteroatoms. The van der Waals surface area contributed by atoms with Gasteiger partial charge in [-0.05, 0) is 30.7 Å². The first-order valence-electron chi connectivity index (χ1n) is 7.86. The van der Waals surface area contributed by atoms with Gasteiger partial charge >= 0.3 is 6.03 Å². The van der Waals surface area contributed by atoms with Crippen LogP contribution in [0.15, 0.2) is 48.8 Å². The Kier molecular flexibility index (Phi) is 6.33. The second-order valence-corrected chi connectivity index (χ2v) is 5.71. The van der Waals surface area contributed by atoms with Crippen molar-refractivity contribution in [1.82, 2.24) is 15.2 Å². The Morgan fingerprint density at radius 2 is 2.04 bits per heavy atom. The number of carbonyl (C=O) groups is 2. The number of carbonyl (C=O) groups excluding carboxylic acids is 2. The van der Waals surface area contributed by atoms with Gasteiger partial charge < -0.3 is 20.3 Å². The predicted octanol–water partition coefficient (Wildman–Crippen LogP) is 2.43. The summed E-state index contributed by atoms with van der Waals surface area (Å²) in [5.74, 6) is 0.370. The fraction of sp³-hybridized carbons (Fsp3) is 0.278. The molecule has 7 nitrogen and oxygen atoms in total. The van der Waals surface area contributed by atoms with E-state index in [1.807, 2.05) is 19.1 Å². The average molecular weight is 342 g/mol. The summed E-state index contributed by atoms with van der Waals surface area (Å²) in [6.07, 6.45) is 3.39. The number of rotatable bonds is 6. The number of anilines is 1. The molecule has 2 rings (SSSR count). The highest BCUT2D eigenvalue weighted by Crippen LogP contribution is 2.18. The highest BCUT2D eigenvalue weighted by Gasteiger charge is 2.10. The molecule has 1 heterocycles. The highest BCUT2D eigenvalue weighted by molar-refractivity contribution is 5.89. The number of likely N-dealkylation sites (N-methyl/N-ethyl adjacent to an activating group) is 1. The molecular formula is C18H22N4O3. The number of aromatic nitrogens is 1. The fourth-order valence-corrected chi connectivity index (χ4v) is 2.02. The number of pyridine rings is 1. The third-order valence-electron chi connectivity index (χ3n) is 3.49. The number of benzene rings is 1. The van der Waals surface area contributed by atoms with Gasteiger partial charge in [0.05, 0.1) is 6.04 Å². The van der Waals surface area contributed by atoms with Gasteiger partial charge in [-0.25, -0.2) is 4.79 Å². The summed E-state index contributed by atoms with van der Waals surface area (Å²) < 4.78 is 5.43. The minimum absolute atomic E-state index is 0.0549. The third kappa shape index (κ3) is 5.80. The lowest BCUT2D eigenvalue weighted by atomic mass is 10.1. The van der Waals surface area contributed by atoms with Crippen molar-refractivity contribution in [2.75, 3.05) is 26.0 Å². The molecule has 0 aliphatic heterocycles. The van der Waals surface area contributed by atoms with Crippen molar-refractivity contribution >= 4 is 17.6 Å². The summed E-state index contributed by atoms with van der Waals surface area (Å²) in [5, 5.41) is 5.59. The monoisotopic (exact) mass is 342 g/mol. The summed E-state index contributed by atoms with van der Waals surface area (Å²) in [4.78, 5) is 29.2. The maximum atomic E-state index is 12.1. The molecule has 0 saturated carbocycles. The fourth-order valence-electron chi connectivity index (χ4n) is 2.02. The van der Waals surface area contributed by atoms with E-state index in [0.29, 0.717) is 11.4 Å². The maximum Gasteiger partial charge on any atom is 0.319 e. The van der Waals surface area contributed by atoms with E-state index < -0.39 is 0 Å². The van der Waals surface area contributed by atoms with E-state index >= 15 is 0 Å². The molecule has 2 aromatic rings. The van der Waals surface area contributed by atoms with Crippen LogP contribution in [0.5, 0.6) is 5.75 Å². The zero-order valence-corrected chi connectivity index (χ0v) is 14.5. The van der Waals surface area contributed by atoms with Crippen LogP contribution in [0.1, 0.15) is 18.5 Å². The van der Waals surface area contributed by atoms with Crippen LogP contribution in [0, 0.1) is 0 Å². The molecule has 0 saturated heterocycles. The van der Waals surface area contributed by atoms with Crippen molar-refractivity contribution in [1.29, 1.82) is 0 Å². The van der Waals surface area contributed by atoms with Crippen LogP contribution in [0.3, 0.4) is 0 Å². The standard InChI is InChI=1S/C18H22N4O3/c1-13(14-6-5-9-19-11-14)20-18(24)21-15-7-4-8-16(10-15)25-12-17(23)22(2)3/h4-11,13H,12H2,1-3H3,(H2,20,21,24)/t13-/m0/s1. The zero-order chi connectivity index (χ0) is 18.2. The molecule has 1 aromatic carbocycles. The Hall–Kier alpha value is -3.09. The van der Waals surface area contributed by atoms with Crippen LogP contribution in [0.2, 0.25) is 0 Å². The first kappa shape index (κ1) is 18.3. The van der Waals surface area contributed by atoms with Gasteiger partial charge in [0.2, 0.25) is 0 Å². The van der Waals surface area contributed by atoms with Crippen molar-refractivity contribution in [3.8, 4) is 5.75 Å². The Balaban J connectivity index is 1.90. The van der Waals surface area contributed by atoms with Gasteiger partial charge in [-0.1, -0.05) is 12.1 Å². The Morgan fingerprint density at radius 3 is 2.72 bits per heavy atom. The molecule has 0 radical (unpaired) electrons. The van der Waals surface area contributed by atoms with E-state index in [0.717, 1.165) is 5.56 Å². The normalized spacial score (nSPS) is 11.3. The molecule has 0 spiro atoms. The van der Waals surface area contributed by atoms with Crippen LogP contribution in [0.25, 0.3) is 0 Å². The molecule has 0 aliphatic carbocycles. The van der Waals surface area contributed by atoms with Crippen LogP contribution in [-0.2, 0) is 4.79 Å². The van der Waals surface area contributed by atoms with Crippen LogP contribution in [0.4, 0.5) is 10.5 Å². The van der Waals surface area contributed by atoms with Crippen molar-refractivity contribution < 1.29 is 14.3 Å². The van der Waals surface area contributed by atoms with Crippen molar-refractivity contribution in [2.24, 2.45) is 0 Å². The second kappa shape index (κ2) is 8.68. The lowest BCUT2D eigenvalue weighted by molar-refractivity contribution is -0.130. The molecule has 0 bridgehead atoms. The lowest BCUT2D eigenvalue weighted by Crippen LogP contribution is -2.31. The van der Waals surface area contributed by atoms with Gasteiger partial charge in [-0.15, -0.1) is 0 Å². The molecule has 0 unspecified atom stereocenters. The highest BCUT2D eigenvalue weighted by atomic mass is 16.5. The molecule has 0 aliphatic rings. The van der Waals surface area contributed by atoms with Gasteiger partial charge in [-0.3, -0.25) is 9.78 Å². The van der Waals surface area contributed by atoms with Gasteiger partial charge in [0.25, 0.3) is 5.91 Å². The predicted molar refractivity (Wildman–Crippen MR) is 95.4 cm³/mol.